The number of guanidine groups is 1. The number of likely N-dealkylation sites (tertiary alicyclic amines) is 1. The number of ether oxygens (including phenoxy) is 2. The first-order chi connectivity index (χ1) is 13.2. The summed E-state index contributed by atoms with van der Waals surface area (Å²) >= 11 is 0. The van der Waals surface area contributed by atoms with Gasteiger partial charge in [-0.15, -0.1) is 0 Å². The second kappa shape index (κ2) is 9.57. The summed E-state index contributed by atoms with van der Waals surface area (Å²) in [5.74, 6) is -0.905. The minimum absolute atomic E-state index is 0.0214. The molecule has 2 rings (SSSR count). The van der Waals surface area contributed by atoms with Crippen molar-refractivity contribution in [1.82, 2.24) is 15.5 Å². The molecule has 2 N–H and O–H groups in total. The maximum Gasteiger partial charge on any atom is 0.407 e. The highest BCUT2D eigenvalue weighted by molar-refractivity contribution is 5.80. The van der Waals surface area contributed by atoms with E-state index in [4.69, 9.17) is 9.47 Å². The summed E-state index contributed by atoms with van der Waals surface area (Å²) in [6, 6.07) is 3.39. The lowest BCUT2D eigenvalue weighted by Crippen LogP contribution is -2.44. The monoisotopic (exact) mass is 398 g/mol. The van der Waals surface area contributed by atoms with Crippen LogP contribution in [0.4, 0.5) is 13.6 Å². The smallest absolute Gasteiger partial charge is 0.407 e. The number of carbonyl (C=O) groups is 1. The topological polar surface area (TPSA) is 75.2 Å². The highest BCUT2D eigenvalue weighted by atomic mass is 19.2. The lowest BCUT2D eigenvalue weighted by atomic mass is 10.2. The molecule has 1 amide bonds. The van der Waals surface area contributed by atoms with Gasteiger partial charge in [-0.3, -0.25) is 4.99 Å². The number of aliphatic imine (C=N–C) groups is 1. The standard InChI is InChI=1S/C19H28F2N4O3/c1-19(2,3)28-18(26)24-13-7-9-25(12-13)17(22-4)23-8-10-27-14-5-6-15(20)16(21)11-14/h5-6,11,13H,7-10,12H2,1-4H3,(H,22,23)(H,24,26). The Morgan fingerprint density at radius 1 is 1.32 bits per heavy atom. The molecule has 1 heterocycles. The molecule has 0 radical (unpaired) electrons. The van der Waals surface area contributed by atoms with Crippen LogP contribution < -0.4 is 15.4 Å². The Kier molecular flexibility index (Phi) is 7.42. The first-order valence-electron chi connectivity index (χ1n) is 9.21. The number of alkyl carbamates (subject to hydrolysis) is 1. The van der Waals surface area contributed by atoms with Crippen molar-refractivity contribution in [3.8, 4) is 5.75 Å². The number of rotatable bonds is 5. The number of hydrogen-bond donors (Lipinski definition) is 2. The van der Waals surface area contributed by atoms with Crippen molar-refractivity contribution in [3.05, 3.63) is 29.8 Å². The number of nitrogens with one attached hydrogen (secondary N) is 2. The third-order valence-electron chi connectivity index (χ3n) is 3.97. The summed E-state index contributed by atoms with van der Waals surface area (Å²) in [5.41, 5.74) is -0.534. The van der Waals surface area contributed by atoms with Crippen LogP contribution in [0, 0.1) is 11.6 Å². The molecule has 1 atom stereocenters. The van der Waals surface area contributed by atoms with Crippen molar-refractivity contribution in [2.45, 2.75) is 38.8 Å². The van der Waals surface area contributed by atoms with Crippen LogP contribution >= 0.6 is 0 Å². The van der Waals surface area contributed by atoms with Gasteiger partial charge in [0, 0.05) is 26.2 Å². The second-order valence-corrected chi connectivity index (χ2v) is 7.48. The number of nitrogens with zero attached hydrogens (tertiary/aromatic N) is 2. The molecular formula is C19H28F2N4O3. The van der Waals surface area contributed by atoms with Crippen molar-refractivity contribution < 1.29 is 23.0 Å². The van der Waals surface area contributed by atoms with E-state index in [1.165, 1.54) is 6.07 Å². The van der Waals surface area contributed by atoms with Crippen LogP contribution in [0.15, 0.2) is 23.2 Å². The van der Waals surface area contributed by atoms with E-state index >= 15 is 0 Å². The largest absolute Gasteiger partial charge is 0.492 e. The molecule has 7 nitrogen and oxygen atoms in total. The van der Waals surface area contributed by atoms with Gasteiger partial charge >= 0.3 is 6.09 Å². The van der Waals surface area contributed by atoms with Crippen LogP contribution in [-0.2, 0) is 4.74 Å². The fraction of sp³-hybridized carbons (Fsp3) is 0.579. The van der Waals surface area contributed by atoms with Crippen LogP contribution in [0.5, 0.6) is 5.75 Å². The van der Waals surface area contributed by atoms with Gasteiger partial charge in [-0.25, -0.2) is 13.6 Å². The second-order valence-electron chi connectivity index (χ2n) is 7.48. The zero-order valence-corrected chi connectivity index (χ0v) is 16.7. The molecule has 1 saturated heterocycles. The molecule has 0 bridgehead atoms. The number of amides is 1. The lowest BCUT2D eigenvalue weighted by Gasteiger charge is -2.23. The quantitative estimate of drug-likeness (QED) is 0.453. The van der Waals surface area contributed by atoms with Crippen molar-refractivity contribution in [2.75, 3.05) is 33.3 Å². The number of halogens is 2. The summed E-state index contributed by atoms with van der Waals surface area (Å²) in [5, 5.41) is 6.03. The number of benzene rings is 1. The molecule has 0 spiro atoms. The van der Waals surface area contributed by atoms with Gasteiger partial charge < -0.3 is 25.0 Å². The summed E-state index contributed by atoms with van der Waals surface area (Å²) < 4.78 is 36.7. The van der Waals surface area contributed by atoms with Gasteiger partial charge in [-0.1, -0.05) is 0 Å². The third kappa shape index (κ3) is 6.86. The Hall–Kier alpha value is -2.58. The van der Waals surface area contributed by atoms with Gasteiger partial charge in [0.05, 0.1) is 12.6 Å². The predicted molar refractivity (Wildman–Crippen MR) is 103 cm³/mol. The zero-order chi connectivity index (χ0) is 20.7. The molecular weight excluding hydrogens is 370 g/mol. The Balaban J connectivity index is 1.73. The van der Waals surface area contributed by atoms with Gasteiger partial charge in [0.25, 0.3) is 0 Å². The maximum absolute atomic E-state index is 13.2. The Bertz CT molecular complexity index is 707. The molecule has 0 aromatic heterocycles. The van der Waals surface area contributed by atoms with Gasteiger partial charge in [0.1, 0.15) is 18.0 Å². The Labute approximate surface area is 164 Å². The lowest BCUT2D eigenvalue weighted by molar-refractivity contribution is 0.0507. The van der Waals surface area contributed by atoms with Crippen LogP contribution in [-0.4, -0.2) is 61.9 Å². The van der Waals surface area contributed by atoms with Crippen molar-refractivity contribution >= 4 is 12.1 Å². The van der Waals surface area contributed by atoms with Crippen LogP contribution in [0.3, 0.4) is 0 Å². The first kappa shape index (κ1) is 21.7. The van der Waals surface area contributed by atoms with E-state index in [1.54, 1.807) is 7.05 Å². The fourth-order valence-corrected chi connectivity index (χ4v) is 2.78. The summed E-state index contributed by atoms with van der Waals surface area (Å²) in [4.78, 5) is 18.2. The molecule has 1 fully saturated rings. The fourth-order valence-electron chi connectivity index (χ4n) is 2.78. The molecule has 156 valence electrons. The molecule has 1 aliphatic heterocycles. The minimum atomic E-state index is -0.943. The van der Waals surface area contributed by atoms with Crippen LogP contribution in [0.2, 0.25) is 0 Å². The minimum Gasteiger partial charge on any atom is -0.492 e. The van der Waals surface area contributed by atoms with Gasteiger partial charge in [-0.05, 0) is 39.3 Å². The third-order valence-corrected chi connectivity index (χ3v) is 3.97. The van der Waals surface area contributed by atoms with E-state index in [2.05, 4.69) is 15.6 Å². The highest BCUT2D eigenvalue weighted by Crippen LogP contribution is 2.15. The van der Waals surface area contributed by atoms with E-state index in [0.717, 1.165) is 25.1 Å². The van der Waals surface area contributed by atoms with Gasteiger partial charge in [-0.2, -0.15) is 0 Å². The van der Waals surface area contributed by atoms with E-state index < -0.39 is 23.3 Å². The summed E-state index contributed by atoms with van der Waals surface area (Å²) in [6.07, 6.45) is 0.355. The van der Waals surface area contributed by atoms with E-state index in [1.807, 2.05) is 25.7 Å². The SMILES string of the molecule is CN=C(NCCOc1ccc(F)c(F)c1)N1CCC(NC(=O)OC(C)(C)C)C1. The maximum atomic E-state index is 13.2. The average Bonchev–Trinajstić information content (AvgIpc) is 3.04. The first-order valence-corrected chi connectivity index (χ1v) is 9.21. The van der Waals surface area contributed by atoms with E-state index in [-0.39, 0.29) is 18.4 Å². The summed E-state index contributed by atoms with van der Waals surface area (Å²) in [6.45, 7) is 7.52. The average molecular weight is 398 g/mol. The molecule has 28 heavy (non-hydrogen) atoms. The Morgan fingerprint density at radius 2 is 2.07 bits per heavy atom. The molecule has 1 aromatic carbocycles. The van der Waals surface area contributed by atoms with Crippen LogP contribution in [0.1, 0.15) is 27.2 Å². The predicted octanol–water partition coefficient (Wildman–Crippen LogP) is 2.52. The van der Waals surface area contributed by atoms with Crippen molar-refractivity contribution in [2.24, 2.45) is 4.99 Å². The number of carbonyl (C=O) groups excluding carboxylic acids is 1. The van der Waals surface area contributed by atoms with Crippen molar-refractivity contribution in [3.63, 3.8) is 0 Å². The molecule has 1 unspecified atom stereocenters. The zero-order valence-electron chi connectivity index (χ0n) is 16.7. The van der Waals surface area contributed by atoms with Crippen molar-refractivity contribution in [1.29, 1.82) is 0 Å². The molecule has 1 aliphatic rings. The number of hydrogen-bond acceptors (Lipinski definition) is 4. The normalized spacial score (nSPS) is 17.4. The van der Waals surface area contributed by atoms with E-state index in [0.29, 0.717) is 19.0 Å². The van der Waals surface area contributed by atoms with Gasteiger partial charge in [0.2, 0.25) is 0 Å². The van der Waals surface area contributed by atoms with Crippen LogP contribution in [0.25, 0.3) is 0 Å². The molecule has 9 heteroatoms. The van der Waals surface area contributed by atoms with Gasteiger partial charge in [0.15, 0.2) is 17.6 Å². The molecule has 0 saturated carbocycles. The highest BCUT2D eigenvalue weighted by Gasteiger charge is 2.27. The van der Waals surface area contributed by atoms with E-state index in [9.17, 15) is 13.6 Å². The summed E-state index contributed by atoms with van der Waals surface area (Å²) in [7, 11) is 1.67. The Morgan fingerprint density at radius 3 is 2.71 bits per heavy atom. The molecule has 1 aromatic rings. The molecule has 0 aliphatic carbocycles.